The van der Waals surface area contributed by atoms with E-state index in [-0.39, 0.29) is 0 Å². The zero-order chi connectivity index (χ0) is 10.6. The molecule has 0 bridgehead atoms. The summed E-state index contributed by atoms with van der Waals surface area (Å²) in [5.41, 5.74) is 0.354. The molecule has 0 aromatic heterocycles. The lowest BCUT2D eigenvalue weighted by molar-refractivity contribution is 0.0217. The summed E-state index contributed by atoms with van der Waals surface area (Å²) in [6, 6.07) is 0. The molecule has 0 aliphatic carbocycles. The first-order valence-corrected chi connectivity index (χ1v) is 6.12. The average molecular weight is 198 g/mol. The van der Waals surface area contributed by atoms with Gasteiger partial charge < -0.3 is 5.32 Å². The first-order chi connectivity index (χ1) is 6.61. The second-order valence-corrected chi connectivity index (χ2v) is 4.93. The van der Waals surface area contributed by atoms with E-state index in [0.29, 0.717) is 11.7 Å². The summed E-state index contributed by atoms with van der Waals surface area (Å²) >= 11 is 0. The van der Waals surface area contributed by atoms with Crippen LogP contribution >= 0.6 is 0 Å². The van der Waals surface area contributed by atoms with E-state index in [1.165, 1.54) is 32.2 Å². The molecule has 1 aliphatic rings. The zero-order valence-electron chi connectivity index (χ0n) is 10.3. The predicted molar refractivity (Wildman–Crippen MR) is 62.4 cm³/mol. The maximum atomic E-state index is 3.60. The lowest BCUT2D eigenvalue weighted by Crippen LogP contribution is -2.57. The molecule has 1 heterocycles. The van der Waals surface area contributed by atoms with Crippen LogP contribution in [0, 0.1) is 0 Å². The predicted octanol–water partition coefficient (Wildman–Crippen LogP) is 2.60. The number of hydrogen-bond acceptors (Lipinski definition) is 2. The van der Waals surface area contributed by atoms with E-state index in [9.17, 15) is 0 Å². The molecule has 1 N–H and O–H groups in total. The van der Waals surface area contributed by atoms with Gasteiger partial charge >= 0.3 is 0 Å². The van der Waals surface area contributed by atoms with Crippen molar-refractivity contribution in [3.63, 3.8) is 0 Å². The molecule has 1 rings (SSSR count). The Balaban J connectivity index is 2.61. The molecule has 0 aromatic carbocycles. The van der Waals surface area contributed by atoms with E-state index >= 15 is 0 Å². The summed E-state index contributed by atoms with van der Waals surface area (Å²) in [6.07, 6.45) is 5.91. The number of likely N-dealkylation sites (tertiary alicyclic amines) is 1. The lowest BCUT2D eigenvalue weighted by atomic mass is 9.94. The van der Waals surface area contributed by atoms with Gasteiger partial charge in [-0.3, -0.25) is 4.90 Å². The highest BCUT2D eigenvalue weighted by atomic mass is 15.3. The third kappa shape index (κ3) is 2.71. The quantitative estimate of drug-likeness (QED) is 0.747. The Labute approximate surface area is 89.1 Å². The third-order valence-electron chi connectivity index (χ3n) is 3.59. The van der Waals surface area contributed by atoms with Crippen molar-refractivity contribution in [3.8, 4) is 0 Å². The van der Waals surface area contributed by atoms with Gasteiger partial charge in [-0.2, -0.15) is 0 Å². The van der Waals surface area contributed by atoms with E-state index in [1.54, 1.807) is 0 Å². The SMILES string of the molecule is CCNC1CCCCN1C(C)(C)CC. The van der Waals surface area contributed by atoms with Crippen molar-refractivity contribution in [2.45, 2.75) is 65.1 Å². The van der Waals surface area contributed by atoms with Crippen LogP contribution in [0.1, 0.15) is 53.4 Å². The second-order valence-electron chi connectivity index (χ2n) is 4.93. The first kappa shape index (κ1) is 12.0. The van der Waals surface area contributed by atoms with Crippen LogP contribution in [0.5, 0.6) is 0 Å². The molecule has 1 saturated heterocycles. The highest BCUT2D eigenvalue weighted by molar-refractivity contribution is 4.87. The van der Waals surface area contributed by atoms with Crippen LogP contribution in [0.3, 0.4) is 0 Å². The van der Waals surface area contributed by atoms with Gasteiger partial charge in [-0.1, -0.05) is 13.8 Å². The van der Waals surface area contributed by atoms with Gasteiger partial charge in [0.15, 0.2) is 0 Å². The molecule has 1 unspecified atom stereocenters. The summed E-state index contributed by atoms with van der Waals surface area (Å²) in [7, 11) is 0. The number of nitrogens with one attached hydrogen (secondary N) is 1. The van der Waals surface area contributed by atoms with Crippen molar-refractivity contribution in [1.82, 2.24) is 10.2 Å². The average Bonchev–Trinajstić information content (AvgIpc) is 2.19. The molecule has 1 aliphatic heterocycles. The monoisotopic (exact) mass is 198 g/mol. The third-order valence-corrected chi connectivity index (χ3v) is 3.59. The Bertz CT molecular complexity index is 164. The number of hydrogen-bond donors (Lipinski definition) is 1. The molecule has 2 heteroatoms. The van der Waals surface area contributed by atoms with Crippen molar-refractivity contribution in [2.24, 2.45) is 0 Å². The van der Waals surface area contributed by atoms with Gasteiger partial charge in [0.25, 0.3) is 0 Å². The molecule has 0 saturated carbocycles. The van der Waals surface area contributed by atoms with Crippen LogP contribution in [0.25, 0.3) is 0 Å². The second kappa shape index (κ2) is 5.13. The topological polar surface area (TPSA) is 15.3 Å². The summed E-state index contributed by atoms with van der Waals surface area (Å²) in [4.78, 5) is 2.65. The van der Waals surface area contributed by atoms with Crippen molar-refractivity contribution < 1.29 is 0 Å². The fourth-order valence-corrected chi connectivity index (χ4v) is 2.31. The van der Waals surface area contributed by atoms with Crippen LogP contribution in [-0.4, -0.2) is 29.7 Å². The zero-order valence-corrected chi connectivity index (χ0v) is 10.3. The van der Waals surface area contributed by atoms with E-state index in [2.05, 4.69) is 37.9 Å². The van der Waals surface area contributed by atoms with Gasteiger partial charge in [-0.05, 0) is 46.1 Å². The number of rotatable bonds is 4. The highest BCUT2D eigenvalue weighted by Gasteiger charge is 2.32. The van der Waals surface area contributed by atoms with Crippen molar-refractivity contribution in [1.29, 1.82) is 0 Å². The van der Waals surface area contributed by atoms with Crippen molar-refractivity contribution in [3.05, 3.63) is 0 Å². The van der Waals surface area contributed by atoms with E-state index in [4.69, 9.17) is 0 Å². The Morgan fingerprint density at radius 3 is 2.57 bits per heavy atom. The summed E-state index contributed by atoms with van der Waals surface area (Å²) in [5, 5.41) is 3.60. The van der Waals surface area contributed by atoms with Crippen molar-refractivity contribution >= 4 is 0 Å². The van der Waals surface area contributed by atoms with E-state index in [1.807, 2.05) is 0 Å². The highest BCUT2D eigenvalue weighted by Crippen LogP contribution is 2.26. The van der Waals surface area contributed by atoms with Gasteiger partial charge in [0.2, 0.25) is 0 Å². The molecule has 1 atom stereocenters. The van der Waals surface area contributed by atoms with Crippen LogP contribution < -0.4 is 5.32 Å². The Hall–Kier alpha value is -0.0800. The fraction of sp³-hybridized carbons (Fsp3) is 1.00. The Morgan fingerprint density at radius 1 is 1.29 bits per heavy atom. The van der Waals surface area contributed by atoms with Crippen LogP contribution in [-0.2, 0) is 0 Å². The molecule has 14 heavy (non-hydrogen) atoms. The van der Waals surface area contributed by atoms with Crippen LogP contribution in [0.4, 0.5) is 0 Å². The van der Waals surface area contributed by atoms with Gasteiger partial charge in [0.1, 0.15) is 0 Å². The fourth-order valence-electron chi connectivity index (χ4n) is 2.31. The summed E-state index contributed by atoms with van der Waals surface area (Å²) < 4.78 is 0. The molecule has 84 valence electrons. The molecular weight excluding hydrogens is 172 g/mol. The largest absolute Gasteiger partial charge is 0.302 e. The van der Waals surface area contributed by atoms with E-state index in [0.717, 1.165) is 6.54 Å². The number of piperidine rings is 1. The summed E-state index contributed by atoms with van der Waals surface area (Å²) in [5.74, 6) is 0. The minimum absolute atomic E-state index is 0.354. The van der Waals surface area contributed by atoms with Crippen LogP contribution in [0.15, 0.2) is 0 Å². The minimum atomic E-state index is 0.354. The van der Waals surface area contributed by atoms with E-state index < -0.39 is 0 Å². The molecule has 2 nitrogen and oxygen atoms in total. The number of nitrogens with zero attached hydrogens (tertiary/aromatic N) is 1. The van der Waals surface area contributed by atoms with Gasteiger partial charge in [0.05, 0.1) is 6.17 Å². The van der Waals surface area contributed by atoms with Crippen LogP contribution in [0.2, 0.25) is 0 Å². The van der Waals surface area contributed by atoms with Gasteiger partial charge in [0, 0.05) is 12.1 Å². The maximum Gasteiger partial charge on any atom is 0.0601 e. The lowest BCUT2D eigenvalue weighted by Gasteiger charge is -2.46. The smallest absolute Gasteiger partial charge is 0.0601 e. The standard InChI is InChI=1S/C12H26N2/c1-5-12(3,4)14-10-8-7-9-11(14)13-6-2/h11,13H,5-10H2,1-4H3. The van der Waals surface area contributed by atoms with Crippen molar-refractivity contribution in [2.75, 3.05) is 13.1 Å². The Kier molecular flexibility index (Phi) is 4.39. The normalized spacial score (nSPS) is 25.3. The Morgan fingerprint density at radius 2 is 2.00 bits per heavy atom. The maximum absolute atomic E-state index is 3.60. The molecule has 0 amide bonds. The molecular formula is C12H26N2. The minimum Gasteiger partial charge on any atom is -0.302 e. The first-order valence-electron chi connectivity index (χ1n) is 6.12. The van der Waals surface area contributed by atoms with Gasteiger partial charge in [-0.15, -0.1) is 0 Å². The molecule has 0 aromatic rings. The summed E-state index contributed by atoms with van der Waals surface area (Å²) in [6.45, 7) is 11.6. The molecule has 1 fully saturated rings. The molecule has 0 spiro atoms. The van der Waals surface area contributed by atoms with Gasteiger partial charge in [-0.25, -0.2) is 0 Å². The molecule has 0 radical (unpaired) electrons.